The van der Waals surface area contributed by atoms with E-state index in [1.165, 1.54) is 24.3 Å². The Labute approximate surface area is 182 Å². The maximum absolute atomic E-state index is 13.0. The minimum Gasteiger partial charge on any atom is -0.342 e. The van der Waals surface area contributed by atoms with Crippen LogP contribution in [0.5, 0.6) is 0 Å². The number of rotatable bonds is 5. The lowest BCUT2D eigenvalue weighted by molar-refractivity contribution is -0.134. The van der Waals surface area contributed by atoms with E-state index in [1.54, 1.807) is 0 Å². The first kappa shape index (κ1) is 21.4. The van der Waals surface area contributed by atoms with Crippen molar-refractivity contribution in [3.8, 4) is 0 Å². The van der Waals surface area contributed by atoms with Gasteiger partial charge < -0.3 is 10.2 Å². The third-order valence-corrected chi connectivity index (χ3v) is 6.43. The summed E-state index contributed by atoms with van der Waals surface area (Å²) in [5, 5.41) is 2.78. The van der Waals surface area contributed by atoms with Crippen molar-refractivity contribution in [3.63, 3.8) is 0 Å². The Bertz CT molecular complexity index is 969. The van der Waals surface area contributed by atoms with Crippen LogP contribution in [-0.2, 0) is 16.0 Å². The van der Waals surface area contributed by atoms with Crippen LogP contribution in [0.25, 0.3) is 0 Å². The number of aryl methyl sites for hydroxylation is 2. The van der Waals surface area contributed by atoms with Crippen LogP contribution in [0.15, 0.2) is 24.3 Å². The largest absolute Gasteiger partial charge is 0.342 e. The van der Waals surface area contributed by atoms with Gasteiger partial charge in [-0.2, -0.15) is 0 Å². The quantitative estimate of drug-likeness (QED) is 0.793. The topological polar surface area (TPSA) is 75.2 Å². The van der Waals surface area contributed by atoms with Crippen molar-refractivity contribution in [1.82, 2.24) is 14.9 Å². The van der Waals surface area contributed by atoms with Crippen molar-refractivity contribution in [2.24, 2.45) is 11.8 Å². The first-order chi connectivity index (χ1) is 14.8. The third-order valence-electron chi connectivity index (χ3n) is 6.43. The van der Waals surface area contributed by atoms with E-state index in [2.05, 4.69) is 12.2 Å². The van der Waals surface area contributed by atoms with E-state index >= 15 is 0 Å². The predicted octanol–water partition coefficient (Wildman–Crippen LogP) is 3.78. The van der Waals surface area contributed by atoms with Crippen LogP contribution in [0.3, 0.4) is 0 Å². The summed E-state index contributed by atoms with van der Waals surface area (Å²) in [5.74, 6) is 1.34. The number of nitrogens with one attached hydrogen (secondary N) is 1. The van der Waals surface area contributed by atoms with Gasteiger partial charge in [0.25, 0.3) is 0 Å². The number of halogens is 1. The van der Waals surface area contributed by atoms with Crippen molar-refractivity contribution in [2.45, 2.75) is 52.4 Å². The summed E-state index contributed by atoms with van der Waals surface area (Å²) in [5.41, 5.74) is 2.93. The van der Waals surface area contributed by atoms with Gasteiger partial charge in [0, 0.05) is 47.6 Å². The molecule has 1 aromatic heterocycles. The molecule has 0 unspecified atom stereocenters. The number of likely N-dealkylation sites (tertiary alicyclic amines) is 1. The molecule has 2 aliphatic rings. The molecule has 1 aliphatic heterocycles. The van der Waals surface area contributed by atoms with Gasteiger partial charge >= 0.3 is 0 Å². The lowest BCUT2D eigenvalue weighted by Crippen LogP contribution is -2.40. The second kappa shape index (κ2) is 8.73. The summed E-state index contributed by atoms with van der Waals surface area (Å²) in [6.07, 6.45) is 3.08. The van der Waals surface area contributed by atoms with Crippen LogP contribution >= 0.6 is 0 Å². The molecule has 2 heterocycles. The molecule has 164 valence electrons. The lowest BCUT2D eigenvalue weighted by Gasteiger charge is -2.32. The zero-order valence-electron chi connectivity index (χ0n) is 18.3. The summed E-state index contributed by atoms with van der Waals surface area (Å²) >= 11 is 0. The van der Waals surface area contributed by atoms with Gasteiger partial charge in [0.05, 0.1) is 6.42 Å². The maximum Gasteiger partial charge on any atom is 0.228 e. The van der Waals surface area contributed by atoms with E-state index in [-0.39, 0.29) is 35.9 Å². The van der Waals surface area contributed by atoms with E-state index in [4.69, 9.17) is 9.97 Å². The molecule has 3 atom stereocenters. The summed E-state index contributed by atoms with van der Waals surface area (Å²) in [6.45, 7) is 7.42. The number of anilines is 1. The van der Waals surface area contributed by atoms with E-state index in [0.29, 0.717) is 18.2 Å². The zero-order valence-corrected chi connectivity index (χ0v) is 18.3. The van der Waals surface area contributed by atoms with E-state index in [9.17, 15) is 14.0 Å². The number of benzene rings is 1. The molecule has 1 saturated heterocycles. The Balaban J connectivity index is 1.43. The standard InChI is InChI=1S/C24H29FN4O2/c1-14-11-20(14)24(31)29-10-4-5-17(13-29)23-26-15(2)21(16(3)27-23)12-22(30)28-19-8-6-18(25)7-9-19/h6-9,14,17,20H,4-5,10-13H2,1-3H3,(H,28,30)/t14-,17+,20+/m0/s1. The first-order valence-electron chi connectivity index (χ1n) is 11.0. The Morgan fingerprint density at radius 2 is 1.81 bits per heavy atom. The molecule has 0 spiro atoms. The number of hydrogen-bond acceptors (Lipinski definition) is 4. The number of carbonyl (C=O) groups is 2. The SMILES string of the molecule is Cc1nc([C@@H]2CCCN(C(=O)[C@@H]3C[C@@H]3C)C2)nc(C)c1CC(=O)Nc1ccc(F)cc1. The molecule has 1 aromatic carbocycles. The number of amides is 2. The smallest absolute Gasteiger partial charge is 0.228 e. The molecule has 7 heteroatoms. The van der Waals surface area contributed by atoms with Gasteiger partial charge in [0.15, 0.2) is 0 Å². The highest BCUT2D eigenvalue weighted by Gasteiger charge is 2.42. The van der Waals surface area contributed by atoms with E-state index in [0.717, 1.165) is 48.6 Å². The Morgan fingerprint density at radius 3 is 2.42 bits per heavy atom. The minimum absolute atomic E-state index is 0.131. The van der Waals surface area contributed by atoms with Crippen LogP contribution in [0.2, 0.25) is 0 Å². The summed E-state index contributed by atoms with van der Waals surface area (Å²) in [4.78, 5) is 36.5. The molecular weight excluding hydrogens is 395 g/mol. The maximum atomic E-state index is 13.0. The minimum atomic E-state index is -0.344. The van der Waals surface area contributed by atoms with Gasteiger partial charge in [-0.05, 0) is 63.3 Å². The average Bonchev–Trinajstić information content (AvgIpc) is 3.48. The molecule has 1 aliphatic carbocycles. The molecule has 2 aromatic rings. The van der Waals surface area contributed by atoms with Crippen LogP contribution in [0, 0.1) is 31.5 Å². The molecular formula is C24H29FN4O2. The van der Waals surface area contributed by atoms with Crippen LogP contribution in [0.4, 0.5) is 10.1 Å². The zero-order chi connectivity index (χ0) is 22.1. The highest BCUT2D eigenvalue weighted by atomic mass is 19.1. The molecule has 1 saturated carbocycles. The molecule has 31 heavy (non-hydrogen) atoms. The summed E-state index contributed by atoms with van der Waals surface area (Å²) < 4.78 is 13.0. The highest BCUT2D eigenvalue weighted by Crippen LogP contribution is 2.40. The second-order valence-corrected chi connectivity index (χ2v) is 8.91. The monoisotopic (exact) mass is 424 g/mol. The molecule has 6 nitrogen and oxygen atoms in total. The molecule has 0 radical (unpaired) electrons. The van der Waals surface area contributed by atoms with Crippen molar-refractivity contribution in [3.05, 3.63) is 52.9 Å². The number of carbonyl (C=O) groups excluding carboxylic acids is 2. The molecule has 0 bridgehead atoms. The van der Waals surface area contributed by atoms with Gasteiger partial charge in [-0.3, -0.25) is 9.59 Å². The second-order valence-electron chi connectivity index (χ2n) is 8.91. The number of nitrogens with zero attached hydrogens (tertiary/aromatic N) is 3. The fraction of sp³-hybridized carbons (Fsp3) is 0.500. The molecule has 4 rings (SSSR count). The normalized spacial score (nSPS) is 22.8. The van der Waals surface area contributed by atoms with Gasteiger partial charge in [-0.1, -0.05) is 6.92 Å². The Hall–Kier alpha value is -2.83. The number of aromatic nitrogens is 2. The van der Waals surface area contributed by atoms with Crippen molar-refractivity contribution >= 4 is 17.5 Å². The average molecular weight is 425 g/mol. The Kier molecular flexibility index (Phi) is 6.03. The van der Waals surface area contributed by atoms with E-state index in [1.807, 2.05) is 18.7 Å². The lowest BCUT2D eigenvalue weighted by atomic mass is 9.96. The summed E-state index contributed by atoms with van der Waals surface area (Å²) in [7, 11) is 0. The van der Waals surface area contributed by atoms with Crippen molar-refractivity contribution in [1.29, 1.82) is 0 Å². The molecule has 2 fully saturated rings. The number of hydrogen-bond donors (Lipinski definition) is 1. The molecule has 1 N–H and O–H groups in total. The van der Waals surface area contributed by atoms with Gasteiger partial charge in [0.1, 0.15) is 11.6 Å². The van der Waals surface area contributed by atoms with Crippen LogP contribution in [0.1, 0.15) is 54.9 Å². The number of piperidine rings is 1. The van der Waals surface area contributed by atoms with E-state index < -0.39 is 0 Å². The fourth-order valence-corrected chi connectivity index (χ4v) is 4.39. The first-order valence-corrected chi connectivity index (χ1v) is 11.0. The van der Waals surface area contributed by atoms with Crippen molar-refractivity contribution in [2.75, 3.05) is 18.4 Å². The van der Waals surface area contributed by atoms with Gasteiger partial charge in [-0.25, -0.2) is 14.4 Å². The van der Waals surface area contributed by atoms with Crippen LogP contribution < -0.4 is 5.32 Å². The fourth-order valence-electron chi connectivity index (χ4n) is 4.39. The van der Waals surface area contributed by atoms with Crippen LogP contribution in [-0.4, -0.2) is 39.8 Å². The third kappa shape index (κ3) is 4.92. The van der Waals surface area contributed by atoms with Crippen molar-refractivity contribution < 1.29 is 14.0 Å². The molecule has 2 amide bonds. The summed E-state index contributed by atoms with van der Waals surface area (Å²) in [6, 6.07) is 5.69. The Morgan fingerprint density at radius 1 is 1.16 bits per heavy atom. The highest BCUT2D eigenvalue weighted by molar-refractivity contribution is 5.92. The van der Waals surface area contributed by atoms with Gasteiger partial charge in [0.2, 0.25) is 11.8 Å². The predicted molar refractivity (Wildman–Crippen MR) is 116 cm³/mol. The van der Waals surface area contributed by atoms with Gasteiger partial charge in [-0.15, -0.1) is 0 Å².